The lowest BCUT2D eigenvalue weighted by atomic mass is 9.80. The molecule has 0 aromatic heterocycles. The molecule has 2 rings (SSSR count). The summed E-state index contributed by atoms with van der Waals surface area (Å²) in [4.78, 5) is 2.49. The molecule has 0 unspecified atom stereocenters. The highest BCUT2D eigenvalue weighted by molar-refractivity contribution is 6.58. The summed E-state index contributed by atoms with van der Waals surface area (Å²) in [5.41, 5.74) is 1.78. The van der Waals surface area contributed by atoms with Crippen molar-refractivity contribution in [2.24, 2.45) is 5.92 Å². The predicted octanol–water partition coefficient (Wildman–Crippen LogP) is 0.987. The summed E-state index contributed by atoms with van der Waals surface area (Å²) in [6.07, 6.45) is 2.75. The van der Waals surface area contributed by atoms with Crippen LogP contribution in [0.25, 0.3) is 0 Å². The van der Waals surface area contributed by atoms with E-state index in [2.05, 4.69) is 18.7 Å². The van der Waals surface area contributed by atoms with E-state index in [1.54, 1.807) is 12.1 Å². The number of rotatable bonds is 6. The van der Waals surface area contributed by atoms with Gasteiger partial charge in [-0.2, -0.15) is 0 Å². The zero-order valence-electron chi connectivity index (χ0n) is 11.2. The molecule has 1 aromatic rings. The second-order valence-corrected chi connectivity index (χ2v) is 5.58. The van der Waals surface area contributed by atoms with Crippen molar-refractivity contribution in [2.45, 2.75) is 39.3 Å². The summed E-state index contributed by atoms with van der Waals surface area (Å²) in [7, 11) is -1.37. The Bertz CT molecular complexity index is 374. The molecule has 2 N–H and O–H groups in total. The highest BCUT2D eigenvalue weighted by Crippen LogP contribution is 2.30. The standard InChI is InChI=1S/C14H22BNO2/c1-11(2)16(9-12-3-4-12)10-13-5-7-14(8-6-13)15(17)18/h5-8,11-12,17-18H,3-4,9-10H2,1-2H3. The third-order valence-corrected chi connectivity index (χ3v) is 3.58. The van der Waals surface area contributed by atoms with Crippen LogP contribution in [0, 0.1) is 5.92 Å². The van der Waals surface area contributed by atoms with Crippen LogP contribution in [-0.2, 0) is 6.54 Å². The molecule has 18 heavy (non-hydrogen) atoms. The number of nitrogens with zero attached hydrogens (tertiary/aromatic N) is 1. The summed E-state index contributed by atoms with van der Waals surface area (Å²) < 4.78 is 0. The minimum atomic E-state index is -1.37. The van der Waals surface area contributed by atoms with Gasteiger partial charge in [0.2, 0.25) is 0 Å². The van der Waals surface area contributed by atoms with Crippen molar-refractivity contribution in [3.05, 3.63) is 29.8 Å². The molecule has 1 fully saturated rings. The van der Waals surface area contributed by atoms with Crippen LogP contribution >= 0.6 is 0 Å². The molecule has 1 aliphatic carbocycles. The Balaban J connectivity index is 1.96. The molecule has 0 amide bonds. The van der Waals surface area contributed by atoms with E-state index in [0.29, 0.717) is 11.5 Å². The summed E-state index contributed by atoms with van der Waals surface area (Å²) in [6.45, 7) is 6.58. The molecule has 98 valence electrons. The summed E-state index contributed by atoms with van der Waals surface area (Å²) in [5.74, 6) is 0.894. The molecule has 3 nitrogen and oxygen atoms in total. The second-order valence-electron chi connectivity index (χ2n) is 5.58. The van der Waals surface area contributed by atoms with Crippen LogP contribution in [0.5, 0.6) is 0 Å². The average Bonchev–Trinajstić information content (AvgIpc) is 3.12. The lowest BCUT2D eigenvalue weighted by Crippen LogP contribution is -2.33. The fourth-order valence-corrected chi connectivity index (χ4v) is 2.12. The first kappa shape index (κ1) is 13.6. The maximum absolute atomic E-state index is 9.06. The second kappa shape index (κ2) is 5.87. The maximum Gasteiger partial charge on any atom is 0.488 e. The van der Waals surface area contributed by atoms with E-state index in [4.69, 9.17) is 10.0 Å². The van der Waals surface area contributed by atoms with Crippen molar-refractivity contribution in [1.29, 1.82) is 0 Å². The average molecular weight is 247 g/mol. The van der Waals surface area contributed by atoms with E-state index in [1.165, 1.54) is 24.9 Å². The monoisotopic (exact) mass is 247 g/mol. The van der Waals surface area contributed by atoms with Gasteiger partial charge in [-0.05, 0) is 43.6 Å². The molecule has 0 bridgehead atoms. The lowest BCUT2D eigenvalue weighted by molar-refractivity contribution is 0.204. The van der Waals surface area contributed by atoms with E-state index >= 15 is 0 Å². The molecule has 0 saturated heterocycles. The van der Waals surface area contributed by atoms with E-state index in [1.807, 2.05) is 12.1 Å². The highest BCUT2D eigenvalue weighted by Gasteiger charge is 2.25. The molecular weight excluding hydrogens is 225 g/mol. The molecule has 1 aromatic carbocycles. The van der Waals surface area contributed by atoms with Crippen molar-refractivity contribution in [3.8, 4) is 0 Å². The van der Waals surface area contributed by atoms with Gasteiger partial charge < -0.3 is 10.0 Å². The smallest absolute Gasteiger partial charge is 0.423 e. The van der Waals surface area contributed by atoms with Crippen LogP contribution in [0.15, 0.2) is 24.3 Å². The third-order valence-electron chi connectivity index (χ3n) is 3.58. The van der Waals surface area contributed by atoms with E-state index < -0.39 is 7.12 Å². The Hall–Kier alpha value is -0.835. The maximum atomic E-state index is 9.06. The normalized spacial score (nSPS) is 15.4. The molecule has 0 radical (unpaired) electrons. The van der Waals surface area contributed by atoms with Gasteiger partial charge in [-0.3, -0.25) is 4.90 Å². The van der Waals surface area contributed by atoms with Crippen molar-refractivity contribution < 1.29 is 10.0 Å². The Kier molecular flexibility index (Phi) is 4.43. The Labute approximate surface area is 110 Å². The number of hydrogen-bond acceptors (Lipinski definition) is 3. The van der Waals surface area contributed by atoms with Crippen molar-refractivity contribution in [3.63, 3.8) is 0 Å². The first-order valence-electron chi connectivity index (χ1n) is 6.75. The quantitative estimate of drug-likeness (QED) is 0.737. The molecule has 1 aliphatic rings. The fourth-order valence-electron chi connectivity index (χ4n) is 2.12. The first-order chi connectivity index (χ1) is 8.56. The van der Waals surface area contributed by atoms with Crippen LogP contribution in [0.4, 0.5) is 0 Å². The largest absolute Gasteiger partial charge is 0.488 e. The molecule has 1 saturated carbocycles. The summed E-state index contributed by atoms with van der Waals surface area (Å²) in [5, 5.41) is 18.1. The SMILES string of the molecule is CC(C)N(Cc1ccc(B(O)O)cc1)CC1CC1. The summed E-state index contributed by atoms with van der Waals surface area (Å²) >= 11 is 0. The summed E-state index contributed by atoms with van der Waals surface area (Å²) in [6, 6.07) is 8.09. The fraction of sp³-hybridized carbons (Fsp3) is 0.571. The van der Waals surface area contributed by atoms with Gasteiger partial charge in [-0.1, -0.05) is 24.3 Å². The molecule has 0 atom stereocenters. The molecule has 0 heterocycles. The van der Waals surface area contributed by atoms with Gasteiger partial charge in [0.05, 0.1) is 0 Å². The molecule has 0 aliphatic heterocycles. The van der Waals surface area contributed by atoms with Crippen LogP contribution in [-0.4, -0.2) is 34.7 Å². The van der Waals surface area contributed by atoms with Crippen LogP contribution < -0.4 is 5.46 Å². The zero-order chi connectivity index (χ0) is 13.1. The first-order valence-corrected chi connectivity index (χ1v) is 6.75. The lowest BCUT2D eigenvalue weighted by Gasteiger charge is -2.26. The Morgan fingerprint density at radius 2 is 1.83 bits per heavy atom. The van der Waals surface area contributed by atoms with Crippen LogP contribution in [0.1, 0.15) is 32.3 Å². The van der Waals surface area contributed by atoms with Gasteiger partial charge in [0.1, 0.15) is 0 Å². The van der Waals surface area contributed by atoms with E-state index in [-0.39, 0.29) is 0 Å². The van der Waals surface area contributed by atoms with Crippen molar-refractivity contribution in [1.82, 2.24) is 4.90 Å². The van der Waals surface area contributed by atoms with Gasteiger partial charge in [0, 0.05) is 19.1 Å². The Morgan fingerprint density at radius 3 is 2.28 bits per heavy atom. The minimum Gasteiger partial charge on any atom is -0.423 e. The van der Waals surface area contributed by atoms with Gasteiger partial charge >= 0.3 is 7.12 Å². The zero-order valence-corrected chi connectivity index (χ0v) is 11.2. The van der Waals surface area contributed by atoms with Gasteiger partial charge in [0.25, 0.3) is 0 Å². The van der Waals surface area contributed by atoms with Crippen LogP contribution in [0.3, 0.4) is 0 Å². The van der Waals surface area contributed by atoms with Gasteiger partial charge in [0.15, 0.2) is 0 Å². The topological polar surface area (TPSA) is 43.7 Å². The van der Waals surface area contributed by atoms with Gasteiger partial charge in [-0.25, -0.2) is 0 Å². The van der Waals surface area contributed by atoms with Crippen molar-refractivity contribution in [2.75, 3.05) is 6.54 Å². The van der Waals surface area contributed by atoms with Gasteiger partial charge in [-0.15, -0.1) is 0 Å². The molecule has 4 heteroatoms. The molecule has 0 spiro atoms. The van der Waals surface area contributed by atoms with E-state index in [9.17, 15) is 0 Å². The van der Waals surface area contributed by atoms with Crippen LogP contribution in [0.2, 0.25) is 0 Å². The third kappa shape index (κ3) is 3.84. The van der Waals surface area contributed by atoms with E-state index in [0.717, 1.165) is 12.5 Å². The Morgan fingerprint density at radius 1 is 1.22 bits per heavy atom. The number of hydrogen-bond donors (Lipinski definition) is 2. The molecular formula is C14H22BNO2. The minimum absolute atomic E-state index is 0.550. The van der Waals surface area contributed by atoms with Crippen molar-refractivity contribution >= 4 is 12.6 Å². The predicted molar refractivity (Wildman–Crippen MR) is 74.5 cm³/mol. The highest BCUT2D eigenvalue weighted by atomic mass is 16.4. The number of benzene rings is 1.